The van der Waals surface area contributed by atoms with E-state index in [1.165, 1.54) is 13.2 Å². The summed E-state index contributed by atoms with van der Waals surface area (Å²) >= 11 is 0. The Morgan fingerprint density at radius 3 is 2.65 bits per heavy atom. The maximum absolute atomic E-state index is 12.4. The Hall–Kier alpha value is -3.41. The van der Waals surface area contributed by atoms with Gasteiger partial charge in [0.2, 0.25) is 5.56 Å². The topological polar surface area (TPSA) is 85.5 Å². The summed E-state index contributed by atoms with van der Waals surface area (Å²) in [5.74, 6) is -0.538. The summed E-state index contributed by atoms with van der Waals surface area (Å²) in [6, 6.07) is 13.1. The highest BCUT2D eigenvalue weighted by molar-refractivity contribution is 6.05. The molecule has 0 radical (unpaired) electrons. The van der Waals surface area contributed by atoms with Crippen molar-refractivity contribution in [1.29, 1.82) is 0 Å². The number of H-pyrrole nitrogens is 1. The molecule has 0 unspecified atom stereocenters. The normalized spacial score (nSPS) is 10.5. The average Bonchev–Trinajstić information content (AvgIpc) is 2.65. The highest BCUT2D eigenvalue weighted by Gasteiger charge is 2.16. The minimum atomic E-state index is -0.719. The summed E-state index contributed by atoms with van der Waals surface area (Å²) in [5, 5.41) is 0.573. The molecular weight excluding hydrogens is 334 g/mol. The number of ketones is 1. The lowest BCUT2D eigenvalue weighted by molar-refractivity contribution is 0.0476. The van der Waals surface area contributed by atoms with Crippen LogP contribution in [0.15, 0.2) is 53.3 Å². The van der Waals surface area contributed by atoms with E-state index in [1.54, 1.807) is 36.4 Å². The smallest absolute Gasteiger partial charge is 0.339 e. The minimum absolute atomic E-state index is 0.130. The zero-order valence-corrected chi connectivity index (χ0v) is 14.4. The van der Waals surface area contributed by atoms with E-state index >= 15 is 0 Å². The third kappa shape index (κ3) is 3.64. The highest BCUT2D eigenvalue weighted by Crippen LogP contribution is 2.18. The molecule has 0 aliphatic rings. The minimum Gasteiger partial charge on any atom is -0.497 e. The first kappa shape index (κ1) is 17.4. The van der Waals surface area contributed by atoms with E-state index in [0.717, 1.165) is 5.56 Å². The Balaban J connectivity index is 1.82. The van der Waals surface area contributed by atoms with Gasteiger partial charge in [-0.15, -0.1) is 0 Å². The van der Waals surface area contributed by atoms with Crippen molar-refractivity contribution < 1.29 is 19.1 Å². The zero-order valence-electron chi connectivity index (χ0n) is 14.4. The molecule has 26 heavy (non-hydrogen) atoms. The number of carbonyl (C=O) groups is 2. The summed E-state index contributed by atoms with van der Waals surface area (Å²) in [4.78, 5) is 39.1. The number of aromatic amines is 1. The van der Waals surface area contributed by atoms with Crippen LogP contribution >= 0.6 is 0 Å². The van der Waals surface area contributed by atoms with Gasteiger partial charge in [-0.05, 0) is 31.2 Å². The van der Waals surface area contributed by atoms with E-state index < -0.39 is 18.1 Å². The molecular formula is C20H17NO5. The van der Waals surface area contributed by atoms with Gasteiger partial charge < -0.3 is 14.5 Å². The number of aromatic nitrogens is 1. The van der Waals surface area contributed by atoms with Crippen molar-refractivity contribution in [3.63, 3.8) is 0 Å². The molecule has 0 atom stereocenters. The van der Waals surface area contributed by atoms with Crippen molar-refractivity contribution >= 4 is 22.7 Å². The van der Waals surface area contributed by atoms with Gasteiger partial charge in [0, 0.05) is 22.5 Å². The van der Waals surface area contributed by atoms with Crippen LogP contribution in [-0.4, -0.2) is 30.5 Å². The molecule has 1 aromatic heterocycles. The summed E-state index contributed by atoms with van der Waals surface area (Å²) in [6.07, 6.45) is 0. The number of hydrogen-bond donors (Lipinski definition) is 1. The maximum Gasteiger partial charge on any atom is 0.339 e. The van der Waals surface area contributed by atoms with Gasteiger partial charge >= 0.3 is 5.97 Å². The van der Waals surface area contributed by atoms with Gasteiger partial charge in [-0.2, -0.15) is 0 Å². The van der Waals surface area contributed by atoms with Crippen molar-refractivity contribution in [2.24, 2.45) is 0 Å². The van der Waals surface area contributed by atoms with Crippen LogP contribution in [0.4, 0.5) is 0 Å². The number of fused-ring (bicyclic) bond motifs is 1. The fourth-order valence-electron chi connectivity index (χ4n) is 2.63. The molecule has 1 heterocycles. The van der Waals surface area contributed by atoms with Gasteiger partial charge in [-0.3, -0.25) is 9.59 Å². The third-order valence-corrected chi connectivity index (χ3v) is 3.94. The molecule has 0 saturated carbocycles. The van der Waals surface area contributed by atoms with Crippen molar-refractivity contribution in [3.8, 4) is 5.75 Å². The van der Waals surface area contributed by atoms with Crippen LogP contribution in [0.5, 0.6) is 5.75 Å². The van der Waals surface area contributed by atoms with Crippen molar-refractivity contribution in [3.05, 3.63) is 75.6 Å². The van der Waals surface area contributed by atoms with E-state index in [2.05, 4.69) is 4.98 Å². The molecule has 0 aliphatic heterocycles. The first-order valence-electron chi connectivity index (χ1n) is 7.96. The molecule has 0 amide bonds. The van der Waals surface area contributed by atoms with Gasteiger partial charge in [0.1, 0.15) is 5.75 Å². The largest absolute Gasteiger partial charge is 0.497 e. The number of nitrogens with one attached hydrogen (secondary N) is 1. The van der Waals surface area contributed by atoms with Crippen molar-refractivity contribution in [1.82, 2.24) is 4.98 Å². The summed E-state index contributed by atoms with van der Waals surface area (Å²) in [6.45, 7) is 1.46. The van der Waals surface area contributed by atoms with Gasteiger partial charge in [0.15, 0.2) is 12.4 Å². The molecule has 0 saturated heterocycles. The highest BCUT2D eigenvalue weighted by atomic mass is 16.5. The number of hydrogen-bond acceptors (Lipinski definition) is 5. The van der Waals surface area contributed by atoms with E-state index in [0.29, 0.717) is 22.2 Å². The third-order valence-electron chi connectivity index (χ3n) is 3.94. The first-order chi connectivity index (χ1) is 12.5. The lowest BCUT2D eigenvalue weighted by Gasteiger charge is -2.08. The number of ether oxygens (including phenoxy) is 2. The molecule has 3 aromatic rings. The lowest BCUT2D eigenvalue weighted by atomic mass is 10.1. The van der Waals surface area contributed by atoms with Crippen LogP contribution in [0.25, 0.3) is 10.9 Å². The molecule has 2 aromatic carbocycles. The second-order valence-corrected chi connectivity index (χ2v) is 5.83. The molecule has 0 bridgehead atoms. The quantitative estimate of drug-likeness (QED) is 0.564. The molecule has 0 spiro atoms. The summed E-state index contributed by atoms with van der Waals surface area (Å²) < 4.78 is 10.2. The number of benzene rings is 2. The fourth-order valence-corrected chi connectivity index (χ4v) is 2.63. The average molecular weight is 351 g/mol. The summed E-state index contributed by atoms with van der Waals surface area (Å²) in [5.41, 5.74) is 1.57. The lowest BCUT2D eigenvalue weighted by Crippen LogP contribution is -2.17. The van der Waals surface area contributed by atoms with Crippen molar-refractivity contribution in [2.45, 2.75) is 6.92 Å². The van der Waals surface area contributed by atoms with E-state index in [-0.39, 0.29) is 11.3 Å². The van der Waals surface area contributed by atoms with Crippen LogP contribution in [0.2, 0.25) is 0 Å². The molecule has 3 rings (SSSR count). The van der Waals surface area contributed by atoms with Gasteiger partial charge in [-0.25, -0.2) is 4.79 Å². The van der Waals surface area contributed by atoms with Crippen LogP contribution in [0.1, 0.15) is 26.3 Å². The Bertz CT molecular complexity index is 1050. The number of rotatable bonds is 5. The van der Waals surface area contributed by atoms with E-state index in [9.17, 15) is 14.4 Å². The second-order valence-electron chi connectivity index (χ2n) is 5.83. The SMILES string of the molecule is COc1cccc(C(=O)COC(=O)c2cc(=O)[nH]c3ccc(C)cc23)c1. The Kier molecular flexibility index (Phi) is 4.84. The van der Waals surface area contributed by atoms with Crippen LogP contribution in [0.3, 0.4) is 0 Å². The Morgan fingerprint density at radius 2 is 1.88 bits per heavy atom. The number of Topliss-reactive ketones (excluding diaryl/α,β-unsaturated/α-hetero) is 1. The Morgan fingerprint density at radius 1 is 1.08 bits per heavy atom. The second kappa shape index (κ2) is 7.23. The molecule has 6 nitrogen and oxygen atoms in total. The predicted octanol–water partition coefficient (Wildman–Crippen LogP) is 2.88. The maximum atomic E-state index is 12.4. The van der Waals surface area contributed by atoms with Crippen LogP contribution in [-0.2, 0) is 4.74 Å². The Labute approximate surface area is 149 Å². The van der Waals surface area contributed by atoms with Crippen LogP contribution < -0.4 is 10.3 Å². The molecule has 132 valence electrons. The zero-order chi connectivity index (χ0) is 18.7. The first-order valence-corrected chi connectivity index (χ1v) is 7.96. The standard InChI is InChI=1S/C20H17NO5/c1-12-6-7-17-15(8-12)16(10-19(23)21-17)20(24)26-11-18(22)13-4-3-5-14(9-13)25-2/h3-10H,11H2,1-2H3,(H,21,23). The number of aryl methyl sites for hydroxylation is 1. The number of pyridine rings is 1. The van der Waals surface area contributed by atoms with Crippen molar-refractivity contribution in [2.75, 3.05) is 13.7 Å². The van der Waals surface area contributed by atoms with E-state index in [4.69, 9.17) is 9.47 Å². The predicted molar refractivity (Wildman–Crippen MR) is 96.9 cm³/mol. The van der Waals surface area contributed by atoms with Gasteiger partial charge in [0.25, 0.3) is 0 Å². The number of methoxy groups -OCH3 is 1. The van der Waals surface area contributed by atoms with Crippen LogP contribution in [0, 0.1) is 6.92 Å². The fraction of sp³-hybridized carbons (Fsp3) is 0.150. The van der Waals surface area contributed by atoms with Gasteiger partial charge in [-0.1, -0.05) is 23.8 Å². The molecule has 0 aliphatic carbocycles. The monoisotopic (exact) mass is 351 g/mol. The number of esters is 1. The van der Waals surface area contributed by atoms with Gasteiger partial charge in [0.05, 0.1) is 12.7 Å². The summed E-state index contributed by atoms with van der Waals surface area (Å²) in [7, 11) is 1.50. The molecule has 6 heteroatoms. The molecule has 0 fully saturated rings. The number of carbonyl (C=O) groups excluding carboxylic acids is 2. The molecule has 1 N–H and O–H groups in total. The van der Waals surface area contributed by atoms with E-state index in [1.807, 2.05) is 13.0 Å².